The maximum atomic E-state index is 13.2. The quantitative estimate of drug-likeness (QED) is 0.861. The fraction of sp³-hybridized carbons (Fsp3) is 0.278. The lowest BCUT2D eigenvalue weighted by Gasteiger charge is -2.26. The molecule has 2 aromatic rings. The molecule has 27 heavy (non-hydrogen) atoms. The van der Waals surface area contributed by atoms with E-state index in [0.717, 1.165) is 22.5 Å². The summed E-state index contributed by atoms with van der Waals surface area (Å²) in [6.07, 6.45) is -4.52. The summed E-state index contributed by atoms with van der Waals surface area (Å²) in [5, 5.41) is 2.59. The van der Waals surface area contributed by atoms with Gasteiger partial charge in [-0.3, -0.25) is 9.10 Å². The van der Waals surface area contributed by atoms with E-state index < -0.39 is 38.6 Å². The summed E-state index contributed by atoms with van der Waals surface area (Å²) in [6.45, 7) is 2.01. The van der Waals surface area contributed by atoms with Crippen LogP contribution in [0.3, 0.4) is 0 Å². The Morgan fingerprint density at radius 2 is 1.89 bits per heavy atom. The van der Waals surface area contributed by atoms with E-state index in [0.29, 0.717) is 23.9 Å². The van der Waals surface area contributed by atoms with Gasteiger partial charge in [0.2, 0.25) is 5.91 Å². The van der Waals surface area contributed by atoms with Crippen molar-refractivity contribution in [2.75, 3.05) is 10.8 Å². The molecule has 0 radical (unpaired) electrons. The highest BCUT2D eigenvalue weighted by Gasteiger charge is 2.42. The number of likely N-dealkylation sites (N-methyl/N-ethyl adjacent to an activating group) is 1. The topological polar surface area (TPSA) is 66.5 Å². The molecule has 1 N–H and O–H groups in total. The van der Waals surface area contributed by atoms with Crippen molar-refractivity contribution in [3.63, 3.8) is 0 Å². The number of fused-ring (bicyclic) bond motifs is 1. The fourth-order valence-electron chi connectivity index (χ4n) is 3.09. The zero-order valence-corrected chi connectivity index (χ0v) is 15.1. The summed E-state index contributed by atoms with van der Waals surface area (Å²) in [6, 6.07) is 9.05. The van der Waals surface area contributed by atoms with Crippen LogP contribution in [0.15, 0.2) is 53.4 Å². The van der Waals surface area contributed by atoms with Crippen molar-refractivity contribution in [1.82, 2.24) is 5.32 Å². The molecule has 5 nitrogen and oxygen atoms in total. The molecule has 1 aliphatic rings. The minimum atomic E-state index is -4.67. The van der Waals surface area contributed by atoms with E-state index in [9.17, 15) is 26.4 Å². The lowest BCUT2D eigenvalue weighted by atomic mass is 10.1. The van der Waals surface area contributed by atoms with E-state index in [-0.39, 0.29) is 6.42 Å². The van der Waals surface area contributed by atoms with Gasteiger partial charge >= 0.3 is 6.18 Å². The summed E-state index contributed by atoms with van der Waals surface area (Å²) in [7, 11) is -4.37. The van der Waals surface area contributed by atoms with Crippen LogP contribution in [0.2, 0.25) is 0 Å². The monoisotopic (exact) mass is 398 g/mol. The van der Waals surface area contributed by atoms with Crippen molar-refractivity contribution in [2.24, 2.45) is 0 Å². The highest BCUT2D eigenvalue weighted by Crippen LogP contribution is 2.38. The molecular weight excluding hydrogens is 381 g/mol. The number of nitrogens with one attached hydrogen (secondary N) is 1. The molecule has 0 spiro atoms. The lowest BCUT2D eigenvalue weighted by molar-refractivity contribution is -0.137. The van der Waals surface area contributed by atoms with Gasteiger partial charge in [0, 0.05) is 13.0 Å². The fourth-order valence-corrected chi connectivity index (χ4v) is 4.79. The lowest BCUT2D eigenvalue weighted by Crippen LogP contribution is -2.48. The minimum Gasteiger partial charge on any atom is -0.355 e. The van der Waals surface area contributed by atoms with Gasteiger partial charge in [-0.25, -0.2) is 8.42 Å². The molecule has 0 saturated carbocycles. The second kappa shape index (κ2) is 6.88. The molecule has 9 heteroatoms. The molecule has 2 aromatic carbocycles. The number of nitrogens with zero attached hydrogens (tertiary/aromatic N) is 1. The Bertz CT molecular complexity index is 974. The molecule has 1 heterocycles. The van der Waals surface area contributed by atoms with Crippen LogP contribution in [0.1, 0.15) is 18.1 Å². The summed E-state index contributed by atoms with van der Waals surface area (Å²) >= 11 is 0. The van der Waals surface area contributed by atoms with Gasteiger partial charge in [0.1, 0.15) is 6.04 Å². The van der Waals surface area contributed by atoms with Crippen molar-refractivity contribution < 1.29 is 26.4 Å². The molecular formula is C18H17F3N2O3S. The number of halogens is 3. The van der Waals surface area contributed by atoms with Gasteiger partial charge in [-0.1, -0.05) is 24.3 Å². The average molecular weight is 398 g/mol. The van der Waals surface area contributed by atoms with Crippen LogP contribution in [0.25, 0.3) is 0 Å². The number of rotatable bonds is 4. The number of anilines is 1. The summed E-state index contributed by atoms with van der Waals surface area (Å²) < 4.78 is 66.3. The van der Waals surface area contributed by atoms with E-state index >= 15 is 0 Å². The first-order chi connectivity index (χ1) is 12.7. The zero-order valence-electron chi connectivity index (χ0n) is 14.3. The normalized spacial score (nSPS) is 16.9. The number of carbonyl (C=O) groups excluding carboxylic acids is 1. The van der Waals surface area contributed by atoms with Gasteiger partial charge in [0.05, 0.1) is 16.1 Å². The van der Waals surface area contributed by atoms with Crippen molar-refractivity contribution in [1.29, 1.82) is 0 Å². The first kappa shape index (κ1) is 19.2. The van der Waals surface area contributed by atoms with E-state index in [1.54, 1.807) is 31.2 Å². The van der Waals surface area contributed by atoms with E-state index in [1.165, 1.54) is 0 Å². The maximum absolute atomic E-state index is 13.2. The zero-order chi connectivity index (χ0) is 19.8. The average Bonchev–Trinajstić information content (AvgIpc) is 3.02. The van der Waals surface area contributed by atoms with E-state index in [1.807, 2.05) is 0 Å². The smallest absolute Gasteiger partial charge is 0.355 e. The van der Waals surface area contributed by atoms with Crippen LogP contribution in [-0.2, 0) is 27.4 Å². The van der Waals surface area contributed by atoms with Crippen LogP contribution in [-0.4, -0.2) is 26.9 Å². The van der Waals surface area contributed by atoms with E-state index in [4.69, 9.17) is 0 Å². The summed E-state index contributed by atoms with van der Waals surface area (Å²) in [4.78, 5) is 11.9. The first-order valence-corrected chi connectivity index (χ1v) is 9.67. The molecule has 3 rings (SSSR count). The summed E-state index contributed by atoms with van der Waals surface area (Å²) in [5.74, 6) is -0.496. The van der Waals surface area contributed by atoms with Gasteiger partial charge < -0.3 is 5.32 Å². The SMILES string of the molecule is CCNC(=O)C1Cc2ccccc2N1S(=O)(=O)c1cccc(C(F)(F)F)c1. The van der Waals surface area contributed by atoms with Crippen LogP contribution >= 0.6 is 0 Å². The standard InChI is InChI=1S/C18H17F3N2O3S/c1-2-22-17(24)16-10-12-6-3-4-9-15(12)23(16)27(25,26)14-8-5-7-13(11-14)18(19,20)21/h3-9,11,16H,2,10H2,1H3,(H,22,24). The van der Waals surface area contributed by atoms with Crippen molar-refractivity contribution in [3.8, 4) is 0 Å². The second-order valence-electron chi connectivity index (χ2n) is 6.07. The number of benzene rings is 2. The molecule has 0 aliphatic carbocycles. The van der Waals surface area contributed by atoms with Crippen molar-refractivity contribution in [3.05, 3.63) is 59.7 Å². The number of para-hydroxylation sites is 1. The third kappa shape index (κ3) is 3.51. The molecule has 0 aromatic heterocycles. The van der Waals surface area contributed by atoms with Crippen LogP contribution in [0, 0.1) is 0 Å². The van der Waals surface area contributed by atoms with Crippen molar-refractivity contribution >= 4 is 21.6 Å². The predicted octanol–water partition coefficient (Wildman–Crippen LogP) is 2.96. The molecule has 0 saturated heterocycles. The molecule has 144 valence electrons. The largest absolute Gasteiger partial charge is 0.416 e. The van der Waals surface area contributed by atoms with Gasteiger partial charge in [-0.05, 0) is 36.8 Å². The number of sulfonamides is 1. The van der Waals surface area contributed by atoms with Gasteiger partial charge in [0.25, 0.3) is 10.0 Å². The molecule has 1 aliphatic heterocycles. The number of alkyl halides is 3. The number of hydrogen-bond acceptors (Lipinski definition) is 3. The van der Waals surface area contributed by atoms with Crippen molar-refractivity contribution in [2.45, 2.75) is 30.5 Å². The molecule has 1 unspecified atom stereocenters. The Morgan fingerprint density at radius 3 is 2.56 bits per heavy atom. The number of amides is 1. The predicted molar refractivity (Wildman–Crippen MR) is 93.7 cm³/mol. The van der Waals surface area contributed by atoms with E-state index in [2.05, 4.69) is 5.32 Å². The van der Waals surface area contributed by atoms with Gasteiger partial charge in [0.15, 0.2) is 0 Å². The highest BCUT2D eigenvalue weighted by molar-refractivity contribution is 7.93. The van der Waals surface area contributed by atoms with Crippen LogP contribution in [0.5, 0.6) is 0 Å². The highest BCUT2D eigenvalue weighted by atomic mass is 32.2. The Hall–Kier alpha value is -2.55. The minimum absolute atomic E-state index is 0.153. The Kier molecular flexibility index (Phi) is 4.90. The molecule has 1 amide bonds. The van der Waals surface area contributed by atoms with Gasteiger partial charge in [-0.15, -0.1) is 0 Å². The Labute approximate surface area is 154 Å². The van der Waals surface area contributed by atoms with Crippen LogP contribution < -0.4 is 9.62 Å². The third-order valence-corrected chi connectivity index (χ3v) is 6.12. The molecule has 0 fully saturated rings. The number of hydrogen-bond donors (Lipinski definition) is 1. The molecule has 1 atom stereocenters. The van der Waals surface area contributed by atoms with Gasteiger partial charge in [-0.2, -0.15) is 13.2 Å². The van der Waals surface area contributed by atoms with Crippen LogP contribution in [0.4, 0.5) is 18.9 Å². The first-order valence-electron chi connectivity index (χ1n) is 8.23. The number of carbonyl (C=O) groups is 1. The Balaban J connectivity index is 2.11. The maximum Gasteiger partial charge on any atom is 0.416 e. The second-order valence-corrected chi connectivity index (χ2v) is 7.88. The molecule has 0 bridgehead atoms. The summed E-state index contributed by atoms with van der Waals surface area (Å²) in [5.41, 5.74) is -0.124. The Morgan fingerprint density at radius 1 is 1.19 bits per heavy atom. The third-order valence-electron chi connectivity index (χ3n) is 4.30.